The smallest absolute Gasteiger partial charge is 0.0469 e. The summed E-state index contributed by atoms with van der Waals surface area (Å²) in [6.07, 6.45) is 3.57. The average Bonchev–Trinajstić information content (AvgIpc) is 2.12. The quantitative estimate of drug-likeness (QED) is 0.539. The third-order valence-corrected chi connectivity index (χ3v) is 2.50. The molecule has 2 unspecified atom stereocenters. The zero-order chi connectivity index (χ0) is 7.40. The van der Waals surface area contributed by atoms with Gasteiger partial charge in [0.1, 0.15) is 0 Å². The second kappa shape index (κ2) is 4.20. The fourth-order valence-electron chi connectivity index (χ4n) is 1.39. The van der Waals surface area contributed by atoms with E-state index < -0.39 is 0 Å². The second-order valence-corrected chi connectivity index (χ2v) is 3.67. The molecule has 2 heteroatoms. The highest BCUT2D eigenvalue weighted by atomic mass is 35.5. The first-order valence-corrected chi connectivity index (χ1v) is 4.46. The topological polar surface area (TPSA) is 9.23 Å². The van der Waals surface area contributed by atoms with Crippen molar-refractivity contribution in [2.75, 3.05) is 13.2 Å². The Morgan fingerprint density at radius 2 is 2.20 bits per heavy atom. The molecular formula is C8H15ClO. The molecule has 1 saturated heterocycles. The first kappa shape index (κ1) is 8.35. The van der Waals surface area contributed by atoms with E-state index in [0.717, 1.165) is 19.6 Å². The molecule has 1 fully saturated rings. The fraction of sp³-hybridized carbons (Fsp3) is 1.00. The van der Waals surface area contributed by atoms with E-state index in [1.54, 1.807) is 0 Å². The van der Waals surface area contributed by atoms with E-state index in [1.165, 1.54) is 12.8 Å². The number of halogens is 1. The summed E-state index contributed by atoms with van der Waals surface area (Å²) in [5.74, 6) is 0.684. The van der Waals surface area contributed by atoms with Crippen molar-refractivity contribution in [3.05, 3.63) is 0 Å². The van der Waals surface area contributed by atoms with Crippen molar-refractivity contribution >= 4 is 11.6 Å². The molecule has 0 aliphatic carbocycles. The van der Waals surface area contributed by atoms with Crippen molar-refractivity contribution < 1.29 is 4.74 Å². The predicted octanol–water partition coefficient (Wildman–Crippen LogP) is 2.43. The Hall–Kier alpha value is 0.250. The number of hydrogen-bond acceptors (Lipinski definition) is 1. The van der Waals surface area contributed by atoms with E-state index in [2.05, 4.69) is 6.92 Å². The summed E-state index contributed by atoms with van der Waals surface area (Å²) in [5, 5.41) is 0.321. The number of ether oxygens (including phenoxy) is 1. The van der Waals surface area contributed by atoms with Crippen LogP contribution in [0.15, 0.2) is 0 Å². The van der Waals surface area contributed by atoms with Gasteiger partial charge in [0, 0.05) is 18.6 Å². The molecule has 0 aromatic heterocycles. The van der Waals surface area contributed by atoms with E-state index in [1.807, 2.05) is 0 Å². The Morgan fingerprint density at radius 3 is 2.90 bits per heavy atom. The molecule has 60 valence electrons. The summed E-state index contributed by atoms with van der Waals surface area (Å²) < 4.78 is 5.32. The molecule has 0 radical (unpaired) electrons. The van der Waals surface area contributed by atoms with Crippen molar-refractivity contribution in [2.24, 2.45) is 5.92 Å². The molecule has 1 aliphatic rings. The van der Waals surface area contributed by atoms with Crippen molar-refractivity contribution in [3.8, 4) is 0 Å². The largest absolute Gasteiger partial charge is 0.381 e. The lowest BCUT2D eigenvalue weighted by atomic mass is 9.98. The van der Waals surface area contributed by atoms with E-state index in [-0.39, 0.29) is 0 Å². The lowest BCUT2D eigenvalue weighted by Gasteiger charge is -2.14. The first-order valence-electron chi connectivity index (χ1n) is 4.02. The summed E-state index contributed by atoms with van der Waals surface area (Å²) in [4.78, 5) is 0. The molecule has 0 aromatic rings. The number of rotatable bonds is 1. The number of alkyl halides is 1. The summed E-state index contributed by atoms with van der Waals surface area (Å²) in [6.45, 7) is 3.92. The van der Waals surface area contributed by atoms with Gasteiger partial charge < -0.3 is 4.74 Å². The highest BCUT2D eigenvalue weighted by molar-refractivity contribution is 6.20. The van der Waals surface area contributed by atoms with E-state index in [9.17, 15) is 0 Å². The molecule has 0 amide bonds. The van der Waals surface area contributed by atoms with Gasteiger partial charge in [-0.1, -0.05) is 0 Å². The van der Waals surface area contributed by atoms with E-state index in [4.69, 9.17) is 16.3 Å². The molecular weight excluding hydrogens is 148 g/mol. The zero-order valence-electron chi connectivity index (χ0n) is 6.48. The Morgan fingerprint density at radius 1 is 1.40 bits per heavy atom. The van der Waals surface area contributed by atoms with Gasteiger partial charge >= 0.3 is 0 Å². The maximum absolute atomic E-state index is 5.97. The second-order valence-electron chi connectivity index (χ2n) is 2.98. The van der Waals surface area contributed by atoms with Crippen LogP contribution in [-0.2, 0) is 4.74 Å². The summed E-state index contributed by atoms with van der Waals surface area (Å²) in [6, 6.07) is 0. The van der Waals surface area contributed by atoms with Crippen LogP contribution in [0.5, 0.6) is 0 Å². The molecule has 1 aliphatic heterocycles. The summed E-state index contributed by atoms with van der Waals surface area (Å²) in [5.41, 5.74) is 0. The molecule has 0 saturated carbocycles. The molecule has 1 nitrogen and oxygen atoms in total. The van der Waals surface area contributed by atoms with Gasteiger partial charge in [-0.2, -0.15) is 0 Å². The zero-order valence-corrected chi connectivity index (χ0v) is 7.23. The van der Waals surface area contributed by atoms with Crippen LogP contribution in [0.3, 0.4) is 0 Å². The Bertz CT molecular complexity index is 85.3. The summed E-state index contributed by atoms with van der Waals surface area (Å²) >= 11 is 5.97. The molecule has 0 spiro atoms. The third-order valence-electron chi connectivity index (χ3n) is 2.15. The van der Waals surface area contributed by atoms with Crippen LogP contribution >= 0.6 is 11.6 Å². The van der Waals surface area contributed by atoms with Crippen LogP contribution in [0.25, 0.3) is 0 Å². The average molecular weight is 163 g/mol. The van der Waals surface area contributed by atoms with E-state index >= 15 is 0 Å². The molecule has 1 heterocycles. The van der Waals surface area contributed by atoms with Gasteiger partial charge in [0.05, 0.1) is 0 Å². The van der Waals surface area contributed by atoms with Gasteiger partial charge in [-0.15, -0.1) is 11.6 Å². The first-order chi connectivity index (χ1) is 4.80. The Balaban J connectivity index is 2.28. The molecule has 1 rings (SSSR count). The predicted molar refractivity (Wildman–Crippen MR) is 43.5 cm³/mol. The maximum atomic E-state index is 5.97. The Labute approximate surface area is 67.7 Å². The van der Waals surface area contributed by atoms with Gasteiger partial charge in [-0.05, 0) is 32.1 Å². The van der Waals surface area contributed by atoms with Crippen LogP contribution in [0.2, 0.25) is 0 Å². The van der Waals surface area contributed by atoms with E-state index in [0.29, 0.717) is 11.3 Å². The van der Waals surface area contributed by atoms with Gasteiger partial charge in [0.15, 0.2) is 0 Å². The third kappa shape index (κ3) is 2.47. The minimum absolute atomic E-state index is 0.321. The molecule has 0 aromatic carbocycles. The van der Waals surface area contributed by atoms with Gasteiger partial charge in [-0.25, -0.2) is 0 Å². The molecule has 2 atom stereocenters. The normalized spacial score (nSPS) is 31.2. The highest BCUT2D eigenvalue weighted by Crippen LogP contribution is 2.22. The maximum Gasteiger partial charge on any atom is 0.0469 e. The lowest BCUT2D eigenvalue weighted by molar-refractivity contribution is 0.141. The Kier molecular flexibility index (Phi) is 3.50. The molecule has 0 bridgehead atoms. The van der Waals surface area contributed by atoms with Crippen molar-refractivity contribution in [1.29, 1.82) is 0 Å². The minimum atomic E-state index is 0.321. The number of hydrogen-bond donors (Lipinski definition) is 0. The van der Waals surface area contributed by atoms with Crippen LogP contribution in [0.1, 0.15) is 26.2 Å². The summed E-state index contributed by atoms with van der Waals surface area (Å²) in [7, 11) is 0. The van der Waals surface area contributed by atoms with Gasteiger partial charge in [0.2, 0.25) is 0 Å². The minimum Gasteiger partial charge on any atom is -0.381 e. The van der Waals surface area contributed by atoms with Crippen molar-refractivity contribution in [3.63, 3.8) is 0 Å². The van der Waals surface area contributed by atoms with Crippen LogP contribution < -0.4 is 0 Å². The monoisotopic (exact) mass is 162 g/mol. The lowest BCUT2D eigenvalue weighted by Crippen LogP contribution is -2.11. The van der Waals surface area contributed by atoms with Crippen LogP contribution in [-0.4, -0.2) is 18.6 Å². The SMILES string of the molecule is CC(Cl)C1CCCOCC1. The van der Waals surface area contributed by atoms with Gasteiger partial charge in [0.25, 0.3) is 0 Å². The fourth-order valence-corrected chi connectivity index (χ4v) is 1.64. The van der Waals surface area contributed by atoms with Crippen LogP contribution in [0.4, 0.5) is 0 Å². The van der Waals surface area contributed by atoms with Gasteiger partial charge in [-0.3, -0.25) is 0 Å². The van der Waals surface area contributed by atoms with Crippen molar-refractivity contribution in [1.82, 2.24) is 0 Å². The molecule has 10 heavy (non-hydrogen) atoms. The van der Waals surface area contributed by atoms with Crippen molar-refractivity contribution in [2.45, 2.75) is 31.6 Å². The van der Waals surface area contributed by atoms with Crippen LogP contribution in [0, 0.1) is 5.92 Å². The highest BCUT2D eigenvalue weighted by Gasteiger charge is 2.16. The molecule has 0 N–H and O–H groups in total. The standard InChI is InChI=1S/C8H15ClO/c1-7(9)8-3-2-5-10-6-4-8/h7-8H,2-6H2,1H3.